The van der Waals surface area contributed by atoms with E-state index in [4.69, 9.17) is 31.0 Å². The van der Waals surface area contributed by atoms with Crippen LogP contribution in [-0.2, 0) is 9.53 Å². The summed E-state index contributed by atoms with van der Waals surface area (Å²) in [7, 11) is 0. The molecule has 4 aliphatic heterocycles. The molecule has 266 valence electrons. The van der Waals surface area contributed by atoms with E-state index in [1.54, 1.807) is 36.7 Å². The minimum atomic E-state index is -0.585. The number of anilines is 1. The second-order valence-corrected chi connectivity index (χ2v) is 14.8. The molecule has 0 bridgehead atoms. The standard InChI is InChI=1S/C39H38ClFN8O3/c1-25-42-15-12-27(44-25)10-11-31(50)49-19-18-47(21-39(49)22-51-23-39)36-29-20-43-34(28-8-2-6-26-7-3-9-30(40)32(26)28)33(41)35(29)45-37(46-36)52-24-38-13-4-16-48(38)17-5-14-38/h2-3,6-12,15,20H,4-5,13-14,16-19,21-24H2,1H3/b11-10+. The summed E-state index contributed by atoms with van der Waals surface area (Å²) in [5.41, 5.74) is 0.899. The highest BCUT2D eigenvalue weighted by molar-refractivity contribution is 6.36. The summed E-state index contributed by atoms with van der Waals surface area (Å²) < 4.78 is 29.1. The zero-order valence-corrected chi connectivity index (χ0v) is 29.7. The Morgan fingerprint density at radius 1 is 1.02 bits per heavy atom. The number of ether oxygens (including phenoxy) is 2. The van der Waals surface area contributed by atoms with Gasteiger partial charge in [0.1, 0.15) is 35.0 Å². The van der Waals surface area contributed by atoms with E-state index in [1.165, 1.54) is 0 Å². The molecule has 1 spiro atoms. The topological polar surface area (TPSA) is 110 Å². The molecule has 11 nitrogen and oxygen atoms in total. The average molecular weight is 721 g/mol. The minimum Gasteiger partial charge on any atom is -0.461 e. The van der Waals surface area contributed by atoms with Crippen LogP contribution >= 0.6 is 11.6 Å². The summed E-state index contributed by atoms with van der Waals surface area (Å²) >= 11 is 6.66. The second kappa shape index (κ2) is 13.0. The summed E-state index contributed by atoms with van der Waals surface area (Å²) in [5, 5.41) is 2.59. The largest absolute Gasteiger partial charge is 0.461 e. The van der Waals surface area contributed by atoms with Crippen LogP contribution in [0, 0.1) is 12.7 Å². The first-order valence-electron chi connectivity index (χ1n) is 17.9. The van der Waals surface area contributed by atoms with Gasteiger partial charge in [0.15, 0.2) is 5.82 Å². The highest BCUT2D eigenvalue weighted by Crippen LogP contribution is 2.41. The van der Waals surface area contributed by atoms with E-state index in [2.05, 4.69) is 24.8 Å². The molecule has 4 aliphatic rings. The number of nitrogens with zero attached hydrogens (tertiary/aromatic N) is 8. The number of hydrogen-bond donors (Lipinski definition) is 0. The zero-order valence-electron chi connectivity index (χ0n) is 28.9. The molecule has 4 fully saturated rings. The van der Waals surface area contributed by atoms with Gasteiger partial charge in [0.2, 0.25) is 5.91 Å². The van der Waals surface area contributed by atoms with Crippen LogP contribution in [0.25, 0.3) is 39.0 Å². The van der Waals surface area contributed by atoms with Crippen molar-refractivity contribution in [3.63, 3.8) is 0 Å². The molecule has 0 N–H and O–H groups in total. The van der Waals surface area contributed by atoms with Gasteiger partial charge in [0.05, 0.1) is 29.8 Å². The van der Waals surface area contributed by atoms with Crippen LogP contribution in [0.4, 0.5) is 10.2 Å². The average Bonchev–Trinajstić information content (AvgIpc) is 3.73. The zero-order chi connectivity index (χ0) is 35.5. The number of rotatable bonds is 7. The number of pyridine rings is 1. The minimum absolute atomic E-state index is 0.0442. The second-order valence-electron chi connectivity index (χ2n) is 14.4. The van der Waals surface area contributed by atoms with Gasteiger partial charge in [-0.25, -0.2) is 14.4 Å². The molecule has 9 rings (SSSR count). The highest BCUT2D eigenvalue weighted by Gasteiger charge is 2.50. The van der Waals surface area contributed by atoms with Crippen molar-refractivity contribution in [1.29, 1.82) is 0 Å². The van der Waals surface area contributed by atoms with Crippen LogP contribution in [0.2, 0.25) is 5.02 Å². The number of amides is 1. The first kappa shape index (κ1) is 33.1. The van der Waals surface area contributed by atoms with Gasteiger partial charge in [0.25, 0.3) is 0 Å². The summed E-state index contributed by atoms with van der Waals surface area (Å²) in [6.07, 6.45) is 11.0. The first-order valence-corrected chi connectivity index (χ1v) is 18.2. The molecule has 5 aromatic rings. The fraction of sp³-hybridized carbons (Fsp3) is 0.385. The molecule has 0 saturated carbocycles. The lowest BCUT2D eigenvalue weighted by atomic mass is 9.91. The fourth-order valence-corrected chi connectivity index (χ4v) is 8.85. The van der Waals surface area contributed by atoms with Gasteiger partial charge in [-0.1, -0.05) is 41.9 Å². The molecule has 0 atom stereocenters. The van der Waals surface area contributed by atoms with Gasteiger partial charge in [-0.2, -0.15) is 9.97 Å². The van der Waals surface area contributed by atoms with Crippen molar-refractivity contribution in [3.8, 4) is 17.3 Å². The van der Waals surface area contributed by atoms with Crippen molar-refractivity contribution < 1.29 is 18.7 Å². The maximum absolute atomic E-state index is 17.0. The lowest BCUT2D eigenvalue weighted by Crippen LogP contribution is -2.72. The Morgan fingerprint density at radius 2 is 1.83 bits per heavy atom. The monoisotopic (exact) mass is 720 g/mol. The third-order valence-electron chi connectivity index (χ3n) is 11.2. The van der Waals surface area contributed by atoms with Crippen molar-refractivity contribution in [1.82, 2.24) is 34.7 Å². The quantitative estimate of drug-likeness (QED) is 0.189. The van der Waals surface area contributed by atoms with Crippen molar-refractivity contribution in [2.24, 2.45) is 0 Å². The maximum Gasteiger partial charge on any atom is 0.319 e. The Labute approximate surface area is 305 Å². The normalized spacial score (nSPS) is 19.5. The number of halogens is 2. The molecule has 0 radical (unpaired) electrons. The number of aromatic nitrogens is 5. The Bertz CT molecular complexity index is 2230. The summed E-state index contributed by atoms with van der Waals surface area (Å²) in [5.74, 6) is 0.459. The number of piperazine rings is 1. The summed E-state index contributed by atoms with van der Waals surface area (Å²) in [6, 6.07) is 13.2. The van der Waals surface area contributed by atoms with Crippen LogP contribution < -0.4 is 9.64 Å². The Kier molecular flexibility index (Phi) is 8.28. The molecule has 4 saturated heterocycles. The molecular weight excluding hydrogens is 683 g/mol. The summed E-state index contributed by atoms with van der Waals surface area (Å²) in [4.78, 5) is 43.0. The Balaban J connectivity index is 1.09. The third-order valence-corrected chi connectivity index (χ3v) is 11.5. The van der Waals surface area contributed by atoms with Gasteiger partial charge < -0.3 is 19.3 Å². The molecule has 1 amide bonds. The van der Waals surface area contributed by atoms with E-state index in [9.17, 15) is 4.79 Å². The van der Waals surface area contributed by atoms with Gasteiger partial charge in [0, 0.05) is 54.1 Å². The van der Waals surface area contributed by atoms with Crippen LogP contribution in [0.1, 0.15) is 37.2 Å². The first-order chi connectivity index (χ1) is 25.3. The van der Waals surface area contributed by atoms with Crippen molar-refractivity contribution in [2.75, 3.05) is 57.4 Å². The van der Waals surface area contributed by atoms with E-state index in [-0.39, 0.29) is 28.7 Å². The van der Waals surface area contributed by atoms with E-state index in [0.29, 0.717) is 72.8 Å². The number of fused-ring (bicyclic) bond motifs is 3. The molecule has 13 heteroatoms. The fourth-order valence-electron chi connectivity index (χ4n) is 8.57. The molecule has 0 unspecified atom stereocenters. The molecule has 52 heavy (non-hydrogen) atoms. The lowest BCUT2D eigenvalue weighted by Gasteiger charge is -2.55. The third kappa shape index (κ3) is 5.64. The number of benzene rings is 2. The molecule has 0 aliphatic carbocycles. The van der Waals surface area contributed by atoms with Crippen molar-refractivity contribution in [3.05, 3.63) is 83.3 Å². The summed E-state index contributed by atoms with van der Waals surface area (Å²) in [6.45, 7) is 6.43. The van der Waals surface area contributed by atoms with E-state index >= 15 is 4.39 Å². The van der Waals surface area contributed by atoms with Gasteiger partial charge >= 0.3 is 6.01 Å². The van der Waals surface area contributed by atoms with Gasteiger partial charge in [-0.3, -0.25) is 14.7 Å². The lowest BCUT2D eigenvalue weighted by molar-refractivity contribution is -0.164. The Morgan fingerprint density at radius 3 is 2.60 bits per heavy atom. The molecule has 7 heterocycles. The number of hydrogen-bond acceptors (Lipinski definition) is 10. The smallest absolute Gasteiger partial charge is 0.319 e. The van der Waals surface area contributed by atoms with Crippen LogP contribution in [0.5, 0.6) is 6.01 Å². The van der Waals surface area contributed by atoms with Gasteiger partial charge in [-0.05, 0) is 69.3 Å². The number of aryl methyl sites for hydroxylation is 1. The van der Waals surface area contributed by atoms with E-state index < -0.39 is 11.4 Å². The van der Waals surface area contributed by atoms with Crippen LogP contribution in [0.3, 0.4) is 0 Å². The Hall–Kier alpha value is -4.78. The van der Waals surface area contributed by atoms with Crippen LogP contribution in [0.15, 0.2) is 60.9 Å². The SMILES string of the molecule is Cc1nccc(/C=C/C(=O)N2CCN(c3nc(OCC45CCCN4CCC5)nc4c(F)c(-c5cccc6cccc(Cl)c56)ncc34)CC23COC3)n1. The van der Waals surface area contributed by atoms with Crippen molar-refractivity contribution in [2.45, 2.75) is 43.7 Å². The van der Waals surface area contributed by atoms with E-state index in [1.807, 2.05) is 42.2 Å². The van der Waals surface area contributed by atoms with Crippen molar-refractivity contribution >= 4 is 51.1 Å². The molecule has 2 aromatic carbocycles. The predicted molar refractivity (Wildman–Crippen MR) is 197 cm³/mol. The molecular formula is C39H38ClFN8O3. The molecule has 3 aromatic heterocycles. The maximum atomic E-state index is 17.0. The number of carbonyl (C=O) groups is 1. The van der Waals surface area contributed by atoms with Gasteiger partial charge in [-0.15, -0.1) is 0 Å². The van der Waals surface area contributed by atoms with Crippen LogP contribution in [-0.4, -0.2) is 104 Å². The predicted octanol–water partition coefficient (Wildman–Crippen LogP) is 5.87. The highest BCUT2D eigenvalue weighted by atomic mass is 35.5. The number of carbonyl (C=O) groups excluding carboxylic acids is 1. The van der Waals surface area contributed by atoms with E-state index in [0.717, 1.165) is 49.5 Å².